The molecule has 1 fully saturated rings. The van der Waals surface area contributed by atoms with E-state index in [2.05, 4.69) is 25.8 Å². The molecule has 0 bridgehead atoms. The molecule has 1 N–H and O–H groups in total. The summed E-state index contributed by atoms with van der Waals surface area (Å²) >= 11 is 0. The molecule has 1 unspecified atom stereocenters. The molecule has 0 aromatic rings. The first-order valence-electron chi connectivity index (χ1n) is 4.86. The third-order valence-corrected chi connectivity index (χ3v) is 2.89. The van der Waals surface area contributed by atoms with Crippen molar-refractivity contribution in [1.82, 2.24) is 4.90 Å². The Morgan fingerprint density at radius 2 is 2.17 bits per heavy atom. The molecule has 0 aromatic heterocycles. The Morgan fingerprint density at radius 3 is 2.58 bits per heavy atom. The molecular formula is C10H21NO. The van der Waals surface area contributed by atoms with Crippen LogP contribution in [0.3, 0.4) is 0 Å². The van der Waals surface area contributed by atoms with E-state index in [-0.39, 0.29) is 5.41 Å². The maximum Gasteiger partial charge on any atom is 0.0482 e. The monoisotopic (exact) mass is 171 g/mol. The minimum absolute atomic E-state index is 0.100. The molecule has 0 saturated carbocycles. The summed E-state index contributed by atoms with van der Waals surface area (Å²) in [6, 6.07) is 0.701. The number of hydrogen-bond acceptors (Lipinski definition) is 2. The van der Waals surface area contributed by atoms with Gasteiger partial charge in [-0.1, -0.05) is 13.8 Å². The summed E-state index contributed by atoms with van der Waals surface area (Å²) in [7, 11) is 2.19. The first-order valence-corrected chi connectivity index (χ1v) is 4.86. The average Bonchev–Trinajstić information content (AvgIpc) is 2.36. The summed E-state index contributed by atoms with van der Waals surface area (Å²) in [4.78, 5) is 2.41. The Labute approximate surface area is 75.6 Å². The van der Waals surface area contributed by atoms with E-state index in [1.54, 1.807) is 0 Å². The fraction of sp³-hybridized carbons (Fsp3) is 1.00. The minimum Gasteiger partial charge on any atom is -0.396 e. The molecule has 1 saturated heterocycles. The van der Waals surface area contributed by atoms with Gasteiger partial charge in [-0.3, -0.25) is 0 Å². The van der Waals surface area contributed by atoms with E-state index in [4.69, 9.17) is 5.11 Å². The van der Waals surface area contributed by atoms with Gasteiger partial charge >= 0.3 is 0 Å². The summed E-state index contributed by atoms with van der Waals surface area (Å²) in [6.45, 7) is 5.81. The van der Waals surface area contributed by atoms with Crippen molar-refractivity contribution in [2.24, 2.45) is 5.41 Å². The van der Waals surface area contributed by atoms with E-state index in [1.807, 2.05) is 0 Å². The molecule has 2 heteroatoms. The Hall–Kier alpha value is -0.0800. The molecule has 0 amide bonds. The highest BCUT2D eigenvalue weighted by Gasteiger charge is 2.27. The predicted molar refractivity (Wildman–Crippen MR) is 51.1 cm³/mol. The van der Waals surface area contributed by atoms with Gasteiger partial charge in [0.1, 0.15) is 0 Å². The molecule has 0 spiro atoms. The van der Waals surface area contributed by atoms with Crippen molar-refractivity contribution >= 4 is 0 Å². The van der Waals surface area contributed by atoms with Gasteiger partial charge in [0, 0.05) is 12.6 Å². The maximum absolute atomic E-state index is 9.12. The maximum atomic E-state index is 9.12. The Morgan fingerprint density at radius 1 is 1.50 bits per heavy atom. The average molecular weight is 171 g/mol. The fourth-order valence-electron chi connectivity index (χ4n) is 1.94. The molecule has 12 heavy (non-hydrogen) atoms. The van der Waals surface area contributed by atoms with Crippen LogP contribution in [-0.2, 0) is 0 Å². The van der Waals surface area contributed by atoms with Crippen molar-refractivity contribution in [3.8, 4) is 0 Å². The lowest BCUT2D eigenvalue weighted by Gasteiger charge is -2.29. The zero-order valence-electron chi connectivity index (χ0n) is 8.51. The number of aliphatic hydroxyl groups excluding tert-OH is 1. The van der Waals surface area contributed by atoms with Gasteiger partial charge in [-0.25, -0.2) is 0 Å². The lowest BCUT2D eigenvalue weighted by Crippen LogP contribution is -2.31. The van der Waals surface area contributed by atoms with Gasteiger partial charge in [-0.2, -0.15) is 0 Å². The van der Waals surface area contributed by atoms with Crippen LogP contribution in [0.4, 0.5) is 0 Å². The van der Waals surface area contributed by atoms with Gasteiger partial charge < -0.3 is 10.0 Å². The van der Waals surface area contributed by atoms with Crippen LogP contribution in [0.5, 0.6) is 0 Å². The second-order valence-corrected chi connectivity index (χ2v) is 4.80. The topological polar surface area (TPSA) is 23.5 Å². The van der Waals surface area contributed by atoms with Crippen molar-refractivity contribution in [3.63, 3.8) is 0 Å². The Kier molecular flexibility index (Phi) is 3.13. The second-order valence-electron chi connectivity index (χ2n) is 4.80. The number of likely N-dealkylation sites (tertiary alicyclic amines) is 1. The van der Waals surface area contributed by atoms with E-state index in [0.717, 1.165) is 6.42 Å². The summed E-state index contributed by atoms with van der Waals surface area (Å²) in [5, 5.41) is 9.12. The second kappa shape index (κ2) is 3.75. The molecule has 1 aliphatic rings. The van der Waals surface area contributed by atoms with Crippen molar-refractivity contribution in [3.05, 3.63) is 0 Å². The quantitative estimate of drug-likeness (QED) is 0.695. The minimum atomic E-state index is 0.100. The van der Waals surface area contributed by atoms with Gasteiger partial charge in [0.2, 0.25) is 0 Å². The number of aliphatic hydroxyl groups is 1. The van der Waals surface area contributed by atoms with E-state index in [9.17, 15) is 0 Å². The first-order chi connectivity index (χ1) is 5.55. The molecule has 1 aliphatic heterocycles. The molecule has 0 aliphatic carbocycles. The van der Waals surface area contributed by atoms with Gasteiger partial charge in [-0.05, 0) is 38.3 Å². The summed E-state index contributed by atoms with van der Waals surface area (Å²) in [5.74, 6) is 0. The lowest BCUT2D eigenvalue weighted by molar-refractivity contribution is 0.118. The molecule has 1 rings (SSSR count). The molecule has 0 radical (unpaired) electrons. The standard InChI is InChI=1S/C10H21NO/c1-10(2,8-12)7-9-5-4-6-11(9)3/h9,12H,4-8H2,1-3H3. The molecular weight excluding hydrogens is 150 g/mol. The van der Waals surface area contributed by atoms with E-state index >= 15 is 0 Å². The SMILES string of the molecule is CN1CCCC1CC(C)(C)CO. The zero-order chi connectivity index (χ0) is 9.19. The van der Waals surface area contributed by atoms with Crippen molar-refractivity contribution < 1.29 is 5.11 Å². The van der Waals surface area contributed by atoms with E-state index in [1.165, 1.54) is 19.4 Å². The van der Waals surface area contributed by atoms with Crippen LogP contribution >= 0.6 is 0 Å². The van der Waals surface area contributed by atoms with Gasteiger partial charge in [0.05, 0.1) is 0 Å². The number of hydrogen-bond donors (Lipinski definition) is 1. The Balaban J connectivity index is 2.39. The van der Waals surface area contributed by atoms with E-state index < -0.39 is 0 Å². The van der Waals surface area contributed by atoms with Crippen LogP contribution in [-0.4, -0.2) is 36.2 Å². The summed E-state index contributed by atoms with van der Waals surface area (Å²) in [6.07, 6.45) is 3.75. The zero-order valence-corrected chi connectivity index (χ0v) is 8.51. The van der Waals surface area contributed by atoms with E-state index in [0.29, 0.717) is 12.6 Å². The van der Waals surface area contributed by atoms with Crippen molar-refractivity contribution in [1.29, 1.82) is 0 Å². The highest BCUT2D eigenvalue weighted by atomic mass is 16.3. The van der Waals surface area contributed by atoms with Gasteiger partial charge in [0.25, 0.3) is 0 Å². The molecule has 2 nitrogen and oxygen atoms in total. The number of rotatable bonds is 3. The molecule has 1 heterocycles. The largest absolute Gasteiger partial charge is 0.396 e. The lowest BCUT2D eigenvalue weighted by atomic mass is 9.86. The molecule has 1 atom stereocenters. The van der Waals surface area contributed by atoms with Crippen LogP contribution in [0.15, 0.2) is 0 Å². The smallest absolute Gasteiger partial charge is 0.0482 e. The first kappa shape index (κ1) is 10.0. The van der Waals surface area contributed by atoms with Gasteiger partial charge in [-0.15, -0.1) is 0 Å². The van der Waals surface area contributed by atoms with Crippen LogP contribution in [0.2, 0.25) is 0 Å². The Bertz CT molecular complexity index is 145. The highest BCUT2D eigenvalue weighted by Crippen LogP contribution is 2.28. The predicted octanol–water partition coefficient (Wildman–Crippen LogP) is 1.49. The van der Waals surface area contributed by atoms with Crippen LogP contribution in [0.1, 0.15) is 33.1 Å². The highest BCUT2D eigenvalue weighted by molar-refractivity contribution is 4.82. The van der Waals surface area contributed by atoms with Crippen LogP contribution < -0.4 is 0 Å². The normalized spacial score (nSPS) is 26.5. The summed E-state index contributed by atoms with van der Waals surface area (Å²) < 4.78 is 0. The third kappa shape index (κ3) is 2.46. The third-order valence-electron chi connectivity index (χ3n) is 2.89. The fourth-order valence-corrected chi connectivity index (χ4v) is 1.94. The van der Waals surface area contributed by atoms with Crippen LogP contribution in [0.25, 0.3) is 0 Å². The molecule has 0 aromatic carbocycles. The van der Waals surface area contributed by atoms with Crippen molar-refractivity contribution in [2.45, 2.75) is 39.2 Å². The van der Waals surface area contributed by atoms with Crippen LogP contribution in [0, 0.1) is 5.41 Å². The molecule has 72 valence electrons. The van der Waals surface area contributed by atoms with Crippen molar-refractivity contribution in [2.75, 3.05) is 20.2 Å². The number of nitrogens with zero attached hydrogens (tertiary/aromatic N) is 1. The van der Waals surface area contributed by atoms with Gasteiger partial charge in [0.15, 0.2) is 0 Å². The summed E-state index contributed by atoms with van der Waals surface area (Å²) in [5.41, 5.74) is 0.100.